The molecule has 1 heterocycles. The first-order chi connectivity index (χ1) is 8.47. The quantitative estimate of drug-likeness (QED) is 0.838. The Balaban J connectivity index is 1.84. The number of carbonyl (C=O) groups excluding carboxylic acids is 2. The van der Waals surface area contributed by atoms with Crippen molar-refractivity contribution in [1.82, 2.24) is 10.5 Å². The molecular formula is C12H17N3O3. The zero-order chi connectivity index (χ0) is 13.3. The minimum atomic E-state index is -0.249. The molecule has 6 heteroatoms. The lowest BCUT2D eigenvalue weighted by atomic mass is 10.2. The normalized spacial score (nSPS) is 21.8. The average Bonchev–Trinajstić information content (AvgIpc) is 2.97. The Hall–Kier alpha value is -1.85. The fraction of sp³-hybridized carbons (Fsp3) is 0.583. The Kier molecular flexibility index (Phi) is 3.36. The standard InChI is InChI=1S/C12H17N3O3/c1-6(2)13-11(16)8-5-9(8)12(17)14-10-4-7(3)18-15-10/h4,6,8-9H,5H2,1-3H3,(H,13,16)(H,14,15,17). The van der Waals surface area contributed by atoms with Gasteiger partial charge in [0.05, 0.1) is 11.8 Å². The van der Waals surface area contributed by atoms with E-state index in [0.29, 0.717) is 18.0 Å². The SMILES string of the molecule is Cc1cc(NC(=O)C2CC2C(=O)NC(C)C)no1. The van der Waals surface area contributed by atoms with Gasteiger partial charge in [0.2, 0.25) is 11.8 Å². The smallest absolute Gasteiger partial charge is 0.229 e. The third-order valence-electron chi connectivity index (χ3n) is 2.77. The Morgan fingerprint density at radius 3 is 2.61 bits per heavy atom. The molecule has 6 nitrogen and oxygen atoms in total. The molecule has 1 aromatic heterocycles. The fourth-order valence-electron chi connectivity index (χ4n) is 1.81. The third kappa shape index (κ3) is 2.88. The summed E-state index contributed by atoms with van der Waals surface area (Å²) in [5, 5.41) is 9.12. The summed E-state index contributed by atoms with van der Waals surface area (Å²) in [6.07, 6.45) is 0.598. The highest BCUT2D eigenvalue weighted by molar-refractivity contribution is 5.99. The number of hydrogen-bond acceptors (Lipinski definition) is 4. The molecule has 0 radical (unpaired) electrons. The number of aryl methyl sites for hydroxylation is 1. The molecule has 2 N–H and O–H groups in total. The summed E-state index contributed by atoms with van der Waals surface area (Å²) >= 11 is 0. The van der Waals surface area contributed by atoms with E-state index in [1.165, 1.54) is 0 Å². The van der Waals surface area contributed by atoms with Crippen molar-refractivity contribution in [2.75, 3.05) is 5.32 Å². The molecule has 2 unspecified atom stereocenters. The summed E-state index contributed by atoms with van der Waals surface area (Å²) in [5.41, 5.74) is 0. The largest absolute Gasteiger partial charge is 0.360 e. The molecule has 1 saturated carbocycles. The van der Waals surface area contributed by atoms with Gasteiger partial charge in [-0.3, -0.25) is 9.59 Å². The maximum atomic E-state index is 11.8. The number of anilines is 1. The molecule has 0 spiro atoms. The van der Waals surface area contributed by atoms with Gasteiger partial charge in [-0.1, -0.05) is 5.16 Å². The van der Waals surface area contributed by atoms with Crippen LogP contribution in [0.3, 0.4) is 0 Å². The second-order valence-electron chi connectivity index (χ2n) is 4.92. The van der Waals surface area contributed by atoms with E-state index in [4.69, 9.17) is 4.52 Å². The first kappa shape index (κ1) is 12.6. The number of aromatic nitrogens is 1. The monoisotopic (exact) mass is 251 g/mol. The predicted octanol–water partition coefficient (Wildman–Crippen LogP) is 1.08. The first-order valence-electron chi connectivity index (χ1n) is 6.02. The highest BCUT2D eigenvalue weighted by Crippen LogP contribution is 2.39. The van der Waals surface area contributed by atoms with E-state index in [2.05, 4.69) is 15.8 Å². The number of amides is 2. The van der Waals surface area contributed by atoms with Gasteiger partial charge in [-0.2, -0.15) is 0 Å². The van der Waals surface area contributed by atoms with Crippen LogP contribution in [0.15, 0.2) is 10.6 Å². The van der Waals surface area contributed by atoms with Crippen LogP contribution >= 0.6 is 0 Å². The summed E-state index contributed by atoms with van der Waals surface area (Å²) in [7, 11) is 0. The summed E-state index contributed by atoms with van der Waals surface area (Å²) in [4.78, 5) is 23.5. The van der Waals surface area contributed by atoms with E-state index >= 15 is 0 Å². The zero-order valence-corrected chi connectivity index (χ0v) is 10.7. The fourth-order valence-corrected chi connectivity index (χ4v) is 1.81. The van der Waals surface area contributed by atoms with Crippen LogP contribution in [0.25, 0.3) is 0 Å². The van der Waals surface area contributed by atoms with Crippen molar-refractivity contribution in [3.8, 4) is 0 Å². The van der Waals surface area contributed by atoms with Crippen LogP contribution in [-0.4, -0.2) is 23.0 Å². The van der Waals surface area contributed by atoms with E-state index in [1.807, 2.05) is 13.8 Å². The van der Waals surface area contributed by atoms with Gasteiger partial charge in [-0.25, -0.2) is 0 Å². The van der Waals surface area contributed by atoms with Crippen molar-refractivity contribution in [2.45, 2.75) is 33.2 Å². The Morgan fingerprint density at radius 1 is 1.39 bits per heavy atom. The zero-order valence-electron chi connectivity index (χ0n) is 10.7. The van der Waals surface area contributed by atoms with Crippen molar-refractivity contribution >= 4 is 17.6 Å². The van der Waals surface area contributed by atoms with Gasteiger partial charge in [0.1, 0.15) is 5.76 Å². The molecule has 0 aliphatic heterocycles. The molecule has 2 amide bonds. The van der Waals surface area contributed by atoms with Crippen molar-refractivity contribution < 1.29 is 14.1 Å². The topological polar surface area (TPSA) is 84.2 Å². The molecule has 2 rings (SSSR count). The molecule has 0 bridgehead atoms. The first-order valence-corrected chi connectivity index (χ1v) is 6.02. The van der Waals surface area contributed by atoms with E-state index in [1.54, 1.807) is 13.0 Å². The van der Waals surface area contributed by atoms with Gasteiger partial charge in [0, 0.05) is 12.1 Å². The van der Waals surface area contributed by atoms with Crippen LogP contribution in [0.4, 0.5) is 5.82 Å². The highest BCUT2D eigenvalue weighted by atomic mass is 16.5. The van der Waals surface area contributed by atoms with Crippen LogP contribution < -0.4 is 10.6 Å². The van der Waals surface area contributed by atoms with Gasteiger partial charge in [0.15, 0.2) is 5.82 Å². The number of carbonyl (C=O) groups is 2. The molecule has 18 heavy (non-hydrogen) atoms. The molecule has 2 atom stereocenters. The molecule has 98 valence electrons. The van der Waals surface area contributed by atoms with Crippen LogP contribution in [-0.2, 0) is 9.59 Å². The number of hydrogen-bond donors (Lipinski definition) is 2. The van der Waals surface area contributed by atoms with Crippen molar-refractivity contribution in [3.63, 3.8) is 0 Å². The average molecular weight is 251 g/mol. The maximum absolute atomic E-state index is 11.8. The molecule has 1 aliphatic carbocycles. The van der Waals surface area contributed by atoms with E-state index < -0.39 is 0 Å². The maximum Gasteiger partial charge on any atom is 0.229 e. The van der Waals surface area contributed by atoms with Crippen LogP contribution in [0.5, 0.6) is 0 Å². The van der Waals surface area contributed by atoms with Gasteiger partial charge in [-0.05, 0) is 27.2 Å². The Labute approximate surface area is 105 Å². The minimum Gasteiger partial charge on any atom is -0.360 e. The van der Waals surface area contributed by atoms with Crippen molar-refractivity contribution in [2.24, 2.45) is 11.8 Å². The highest BCUT2D eigenvalue weighted by Gasteiger charge is 2.48. The Bertz CT molecular complexity index is 467. The lowest BCUT2D eigenvalue weighted by Gasteiger charge is -2.07. The van der Waals surface area contributed by atoms with Crippen LogP contribution in [0.2, 0.25) is 0 Å². The number of nitrogens with one attached hydrogen (secondary N) is 2. The second-order valence-corrected chi connectivity index (χ2v) is 4.92. The molecule has 1 aliphatic rings. The molecule has 1 fully saturated rings. The third-order valence-corrected chi connectivity index (χ3v) is 2.77. The summed E-state index contributed by atoms with van der Waals surface area (Å²) in [5.74, 6) is 0.345. The van der Waals surface area contributed by atoms with Crippen LogP contribution in [0.1, 0.15) is 26.0 Å². The second kappa shape index (κ2) is 4.80. The molecule has 0 saturated heterocycles. The summed E-state index contributed by atoms with van der Waals surface area (Å²) in [6, 6.07) is 1.74. The number of rotatable bonds is 4. The molecule has 0 aromatic carbocycles. The van der Waals surface area contributed by atoms with Gasteiger partial charge < -0.3 is 15.2 Å². The molecule has 1 aromatic rings. The summed E-state index contributed by atoms with van der Waals surface area (Å²) in [6.45, 7) is 5.54. The van der Waals surface area contributed by atoms with E-state index in [9.17, 15) is 9.59 Å². The summed E-state index contributed by atoms with van der Waals surface area (Å²) < 4.78 is 4.85. The predicted molar refractivity (Wildman–Crippen MR) is 64.7 cm³/mol. The van der Waals surface area contributed by atoms with E-state index in [0.717, 1.165) is 0 Å². The van der Waals surface area contributed by atoms with Crippen molar-refractivity contribution in [1.29, 1.82) is 0 Å². The van der Waals surface area contributed by atoms with Gasteiger partial charge >= 0.3 is 0 Å². The minimum absolute atomic E-state index is 0.0542. The van der Waals surface area contributed by atoms with E-state index in [-0.39, 0.29) is 29.7 Å². The Morgan fingerprint density at radius 2 is 2.06 bits per heavy atom. The lowest BCUT2D eigenvalue weighted by molar-refractivity contribution is -0.125. The van der Waals surface area contributed by atoms with Gasteiger partial charge in [-0.15, -0.1) is 0 Å². The molecular weight excluding hydrogens is 234 g/mol. The lowest BCUT2D eigenvalue weighted by Crippen LogP contribution is -2.32. The van der Waals surface area contributed by atoms with Crippen molar-refractivity contribution in [3.05, 3.63) is 11.8 Å². The van der Waals surface area contributed by atoms with Crippen LogP contribution in [0, 0.1) is 18.8 Å². The van der Waals surface area contributed by atoms with Gasteiger partial charge in [0.25, 0.3) is 0 Å². The number of nitrogens with zero attached hydrogens (tertiary/aromatic N) is 1.